The molecule has 0 saturated carbocycles. The van der Waals surface area contributed by atoms with E-state index >= 15 is 0 Å². The molecule has 0 radical (unpaired) electrons. The SMILES string of the molecule is CCCCOc1ccc(/C=N\NC(=O)CN(c2ccc(Cl)c(C(F)(F)F)c2)S(=O)(=O)c2ccccc2)cc1. The fourth-order valence-corrected chi connectivity index (χ4v) is 4.91. The van der Waals surface area contributed by atoms with E-state index in [1.54, 1.807) is 30.3 Å². The average Bonchev–Trinajstić information content (AvgIpc) is 2.88. The second-order valence-corrected chi connectivity index (χ2v) is 10.3. The molecule has 0 atom stereocenters. The predicted molar refractivity (Wildman–Crippen MR) is 140 cm³/mol. The number of nitrogens with zero attached hydrogens (tertiary/aromatic N) is 2. The number of halogens is 4. The topological polar surface area (TPSA) is 88.1 Å². The minimum atomic E-state index is -4.83. The summed E-state index contributed by atoms with van der Waals surface area (Å²) in [5.41, 5.74) is 1.23. The molecule has 0 spiro atoms. The molecule has 0 bridgehead atoms. The third-order valence-corrected chi connectivity index (χ3v) is 7.33. The standard InChI is InChI=1S/C26H25ClF3N3O4S/c1-2-3-15-37-21-12-9-19(10-13-21)17-31-32-25(34)18-33(38(35,36)22-7-5-4-6-8-22)20-11-14-24(27)23(16-20)26(28,29)30/h4-14,16-17H,2-3,15,18H2,1H3,(H,32,34)/b31-17-. The Morgan fingerprint density at radius 2 is 1.76 bits per heavy atom. The van der Waals surface area contributed by atoms with Gasteiger partial charge < -0.3 is 4.74 Å². The number of hydrogen-bond acceptors (Lipinski definition) is 5. The summed E-state index contributed by atoms with van der Waals surface area (Å²) < 4.78 is 73.1. The number of anilines is 1. The van der Waals surface area contributed by atoms with Gasteiger partial charge in [-0.2, -0.15) is 18.3 Å². The first kappa shape index (κ1) is 29.0. The van der Waals surface area contributed by atoms with Gasteiger partial charge in [0.05, 0.1) is 34.0 Å². The van der Waals surface area contributed by atoms with Gasteiger partial charge in [0, 0.05) is 0 Å². The van der Waals surface area contributed by atoms with Crippen molar-refractivity contribution in [2.24, 2.45) is 5.10 Å². The Bertz CT molecular complexity index is 1370. The van der Waals surface area contributed by atoms with Crippen LogP contribution in [0.2, 0.25) is 5.02 Å². The summed E-state index contributed by atoms with van der Waals surface area (Å²) in [6.07, 6.45) is -1.55. The number of sulfonamides is 1. The Kier molecular flexibility index (Phi) is 9.76. The number of hydrazone groups is 1. The number of amides is 1. The number of carbonyl (C=O) groups excluding carboxylic acids is 1. The van der Waals surface area contributed by atoms with Crippen molar-refractivity contribution < 1.29 is 31.1 Å². The number of nitrogens with one attached hydrogen (secondary N) is 1. The summed E-state index contributed by atoms with van der Waals surface area (Å²) in [5.74, 6) is -0.189. The summed E-state index contributed by atoms with van der Waals surface area (Å²) in [5, 5.41) is 3.23. The smallest absolute Gasteiger partial charge is 0.417 e. The molecule has 0 aliphatic heterocycles. The molecule has 1 amide bonds. The Hall–Kier alpha value is -3.57. The molecule has 3 aromatic carbocycles. The van der Waals surface area contributed by atoms with Crippen molar-refractivity contribution in [3.05, 3.63) is 88.9 Å². The van der Waals surface area contributed by atoms with Crippen molar-refractivity contribution in [2.45, 2.75) is 30.8 Å². The molecule has 1 N–H and O–H groups in total. The number of carbonyl (C=O) groups is 1. The Labute approximate surface area is 223 Å². The summed E-state index contributed by atoms with van der Waals surface area (Å²) in [6, 6.07) is 16.6. The summed E-state index contributed by atoms with van der Waals surface area (Å²) in [6.45, 7) is 1.82. The molecule has 7 nitrogen and oxygen atoms in total. The molecule has 0 aromatic heterocycles. The molecule has 3 aromatic rings. The number of alkyl halides is 3. The number of rotatable bonds is 11. The van der Waals surface area contributed by atoms with E-state index in [-0.39, 0.29) is 10.6 Å². The maximum Gasteiger partial charge on any atom is 0.417 e. The van der Waals surface area contributed by atoms with Crippen molar-refractivity contribution in [3.8, 4) is 5.75 Å². The first-order valence-electron chi connectivity index (χ1n) is 11.5. The predicted octanol–water partition coefficient (Wildman–Crippen LogP) is 5.88. The van der Waals surface area contributed by atoms with E-state index < -0.39 is 39.2 Å². The highest BCUT2D eigenvalue weighted by atomic mass is 35.5. The van der Waals surface area contributed by atoms with Crippen molar-refractivity contribution in [3.63, 3.8) is 0 Å². The van der Waals surface area contributed by atoms with Gasteiger partial charge in [-0.15, -0.1) is 0 Å². The van der Waals surface area contributed by atoms with E-state index in [1.165, 1.54) is 30.5 Å². The Morgan fingerprint density at radius 3 is 2.39 bits per heavy atom. The van der Waals surface area contributed by atoms with Crippen LogP contribution in [0, 0.1) is 0 Å². The van der Waals surface area contributed by atoms with Crippen LogP contribution in [-0.4, -0.2) is 33.7 Å². The van der Waals surface area contributed by atoms with Crippen LogP contribution in [0.3, 0.4) is 0 Å². The zero-order chi connectivity index (χ0) is 27.8. The van der Waals surface area contributed by atoms with E-state index in [0.717, 1.165) is 25.0 Å². The van der Waals surface area contributed by atoms with E-state index in [0.29, 0.717) is 28.3 Å². The van der Waals surface area contributed by atoms with Gasteiger partial charge in [-0.3, -0.25) is 9.10 Å². The normalized spacial score (nSPS) is 11.9. The highest BCUT2D eigenvalue weighted by Gasteiger charge is 2.35. The van der Waals surface area contributed by atoms with Crippen LogP contribution in [0.25, 0.3) is 0 Å². The average molecular weight is 568 g/mol. The second-order valence-electron chi connectivity index (χ2n) is 8.05. The van der Waals surface area contributed by atoms with Crippen molar-refractivity contribution in [1.82, 2.24) is 5.43 Å². The van der Waals surface area contributed by atoms with Crippen LogP contribution >= 0.6 is 11.6 Å². The van der Waals surface area contributed by atoms with Gasteiger partial charge in [-0.05, 0) is 66.6 Å². The minimum Gasteiger partial charge on any atom is -0.494 e. The number of unbranched alkanes of at least 4 members (excludes halogenated alkanes) is 1. The molecule has 3 rings (SSSR count). The molecule has 0 aliphatic carbocycles. The van der Waals surface area contributed by atoms with Gasteiger partial charge in [0.2, 0.25) is 0 Å². The quantitative estimate of drug-likeness (QED) is 0.178. The lowest BCUT2D eigenvalue weighted by molar-refractivity contribution is -0.137. The van der Waals surface area contributed by atoms with E-state index in [9.17, 15) is 26.4 Å². The van der Waals surface area contributed by atoms with Crippen LogP contribution in [0.15, 0.2) is 82.8 Å². The van der Waals surface area contributed by atoms with Crippen LogP contribution in [0.5, 0.6) is 5.75 Å². The van der Waals surface area contributed by atoms with Gasteiger partial charge in [0.1, 0.15) is 12.3 Å². The fraction of sp³-hybridized carbons (Fsp3) is 0.231. The molecule has 202 valence electrons. The van der Waals surface area contributed by atoms with Crippen molar-refractivity contribution in [2.75, 3.05) is 17.5 Å². The van der Waals surface area contributed by atoms with Gasteiger partial charge >= 0.3 is 6.18 Å². The van der Waals surface area contributed by atoms with Crippen LogP contribution in [-0.2, 0) is 21.0 Å². The highest BCUT2D eigenvalue weighted by molar-refractivity contribution is 7.92. The largest absolute Gasteiger partial charge is 0.494 e. The zero-order valence-corrected chi connectivity index (χ0v) is 21.9. The first-order valence-corrected chi connectivity index (χ1v) is 13.3. The van der Waals surface area contributed by atoms with Crippen molar-refractivity contribution in [1.29, 1.82) is 0 Å². The molecular formula is C26H25ClF3N3O4S. The summed E-state index contributed by atoms with van der Waals surface area (Å²) >= 11 is 5.70. The number of ether oxygens (including phenoxy) is 1. The molecular weight excluding hydrogens is 543 g/mol. The monoisotopic (exact) mass is 567 g/mol. The van der Waals surface area contributed by atoms with E-state index in [2.05, 4.69) is 17.5 Å². The second kappa shape index (κ2) is 12.8. The van der Waals surface area contributed by atoms with Crippen LogP contribution < -0.4 is 14.5 Å². The Balaban J connectivity index is 1.81. The van der Waals surface area contributed by atoms with Crippen molar-refractivity contribution >= 4 is 39.4 Å². The van der Waals surface area contributed by atoms with Crippen LogP contribution in [0.1, 0.15) is 30.9 Å². The third-order valence-electron chi connectivity index (χ3n) is 5.21. The fourth-order valence-electron chi connectivity index (χ4n) is 3.25. The van der Waals surface area contributed by atoms with Gasteiger partial charge in [-0.25, -0.2) is 13.8 Å². The molecule has 0 unspecified atom stereocenters. The molecule has 38 heavy (non-hydrogen) atoms. The van der Waals surface area contributed by atoms with Crippen LogP contribution in [0.4, 0.5) is 18.9 Å². The minimum absolute atomic E-state index is 0.207. The highest BCUT2D eigenvalue weighted by Crippen LogP contribution is 2.38. The maximum absolute atomic E-state index is 13.4. The molecule has 0 heterocycles. The summed E-state index contributed by atoms with van der Waals surface area (Å²) in [4.78, 5) is 12.4. The third kappa shape index (κ3) is 7.72. The lowest BCUT2D eigenvalue weighted by Gasteiger charge is -2.24. The lowest BCUT2D eigenvalue weighted by Crippen LogP contribution is -2.39. The lowest BCUT2D eigenvalue weighted by atomic mass is 10.2. The number of benzene rings is 3. The molecule has 0 saturated heterocycles. The summed E-state index contributed by atoms with van der Waals surface area (Å²) in [7, 11) is -4.42. The van der Waals surface area contributed by atoms with E-state index in [4.69, 9.17) is 16.3 Å². The Morgan fingerprint density at radius 1 is 1.08 bits per heavy atom. The number of hydrogen-bond donors (Lipinski definition) is 1. The van der Waals surface area contributed by atoms with E-state index in [1.807, 2.05) is 0 Å². The zero-order valence-electron chi connectivity index (χ0n) is 20.3. The molecule has 12 heteroatoms. The maximum atomic E-state index is 13.4. The first-order chi connectivity index (χ1) is 18.0. The molecule has 0 aliphatic rings. The van der Waals surface area contributed by atoms with Gasteiger partial charge in [0.15, 0.2) is 0 Å². The van der Waals surface area contributed by atoms with Gasteiger partial charge in [0.25, 0.3) is 15.9 Å². The van der Waals surface area contributed by atoms with Gasteiger partial charge in [-0.1, -0.05) is 43.1 Å². The molecule has 0 fully saturated rings.